The van der Waals surface area contributed by atoms with Crippen LogP contribution in [0.3, 0.4) is 0 Å². The largest absolute Gasteiger partial charge is 0.257 e. The fraction of sp³-hybridized carbons (Fsp3) is 0.125. The van der Waals surface area contributed by atoms with Crippen LogP contribution in [0.2, 0.25) is 5.02 Å². The third-order valence-electron chi connectivity index (χ3n) is 3.09. The van der Waals surface area contributed by atoms with Crippen molar-refractivity contribution in [2.75, 3.05) is 4.72 Å². The van der Waals surface area contributed by atoms with Crippen molar-refractivity contribution >= 4 is 49.9 Å². The molecule has 130 valence electrons. The van der Waals surface area contributed by atoms with E-state index in [0.29, 0.717) is 16.3 Å². The number of benzene rings is 2. The first kappa shape index (κ1) is 18.2. The average Bonchev–Trinajstić information content (AvgIpc) is 3.02. The summed E-state index contributed by atoms with van der Waals surface area (Å²) in [6, 6.07) is 16.6. The van der Waals surface area contributed by atoms with E-state index < -0.39 is 10.0 Å². The van der Waals surface area contributed by atoms with Gasteiger partial charge in [0.15, 0.2) is 0 Å². The number of nitrogens with one attached hydrogen (secondary N) is 1. The summed E-state index contributed by atoms with van der Waals surface area (Å²) in [6.45, 7) is 0. The Morgan fingerprint density at radius 3 is 2.48 bits per heavy atom. The molecule has 0 aliphatic carbocycles. The first-order valence-electron chi connectivity index (χ1n) is 7.25. The van der Waals surface area contributed by atoms with Crippen molar-refractivity contribution in [3.8, 4) is 0 Å². The molecule has 0 atom stereocenters. The van der Waals surface area contributed by atoms with E-state index in [1.807, 2.05) is 30.3 Å². The number of aromatic nitrogens is 2. The standard InChI is InChI=1S/C16H14ClN3O2S3/c17-13-8-6-12(7-9-13)11-25(21,22)20-16-19-18-15(24-16)10-23-14-4-2-1-3-5-14/h1-9H,10-11H2,(H,19,20). The first-order valence-corrected chi connectivity index (χ1v) is 11.1. The molecular formula is C16H14ClN3O2S3. The summed E-state index contributed by atoms with van der Waals surface area (Å²) >= 11 is 8.67. The van der Waals surface area contributed by atoms with Crippen LogP contribution >= 0.6 is 34.7 Å². The molecule has 5 nitrogen and oxygen atoms in total. The van der Waals surface area contributed by atoms with Crippen LogP contribution in [0.15, 0.2) is 59.5 Å². The summed E-state index contributed by atoms with van der Waals surface area (Å²) in [5.41, 5.74) is 0.654. The molecule has 1 N–H and O–H groups in total. The van der Waals surface area contributed by atoms with Gasteiger partial charge >= 0.3 is 0 Å². The quantitative estimate of drug-likeness (QED) is 0.582. The monoisotopic (exact) mass is 411 g/mol. The van der Waals surface area contributed by atoms with Crippen LogP contribution in [0.1, 0.15) is 10.6 Å². The molecule has 0 amide bonds. The molecule has 9 heteroatoms. The summed E-state index contributed by atoms with van der Waals surface area (Å²) in [4.78, 5) is 1.13. The molecule has 3 aromatic rings. The van der Waals surface area contributed by atoms with Crippen molar-refractivity contribution < 1.29 is 8.42 Å². The van der Waals surface area contributed by atoms with E-state index in [-0.39, 0.29) is 10.9 Å². The zero-order valence-electron chi connectivity index (χ0n) is 12.9. The molecule has 1 aromatic heterocycles. The van der Waals surface area contributed by atoms with Crippen molar-refractivity contribution in [2.24, 2.45) is 0 Å². The zero-order valence-corrected chi connectivity index (χ0v) is 16.1. The van der Waals surface area contributed by atoms with Crippen molar-refractivity contribution in [1.29, 1.82) is 0 Å². The molecule has 0 radical (unpaired) electrons. The highest BCUT2D eigenvalue weighted by molar-refractivity contribution is 7.98. The number of hydrogen-bond acceptors (Lipinski definition) is 6. The lowest BCUT2D eigenvalue weighted by molar-refractivity contribution is 0.600. The number of anilines is 1. The van der Waals surface area contributed by atoms with Gasteiger partial charge in [0.05, 0.1) is 11.5 Å². The highest BCUT2D eigenvalue weighted by Gasteiger charge is 2.15. The predicted molar refractivity (Wildman–Crippen MR) is 104 cm³/mol. The molecule has 0 unspecified atom stereocenters. The lowest BCUT2D eigenvalue weighted by Gasteiger charge is -2.04. The topological polar surface area (TPSA) is 72.0 Å². The van der Waals surface area contributed by atoms with Gasteiger partial charge in [-0.05, 0) is 29.8 Å². The lowest BCUT2D eigenvalue weighted by atomic mass is 10.2. The second kappa shape index (κ2) is 8.18. The second-order valence-electron chi connectivity index (χ2n) is 5.09. The van der Waals surface area contributed by atoms with Gasteiger partial charge < -0.3 is 0 Å². The summed E-state index contributed by atoms with van der Waals surface area (Å²) in [6.07, 6.45) is 0. The predicted octanol–water partition coefficient (Wildman–Crippen LogP) is 4.43. The summed E-state index contributed by atoms with van der Waals surface area (Å²) in [5.74, 6) is 0.498. The molecule has 0 fully saturated rings. The van der Waals surface area contributed by atoms with Crippen LogP contribution in [0.25, 0.3) is 0 Å². The maximum Gasteiger partial charge on any atom is 0.238 e. The normalized spacial score (nSPS) is 11.4. The number of rotatable bonds is 7. The Kier molecular flexibility index (Phi) is 5.95. The Morgan fingerprint density at radius 1 is 1.04 bits per heavy atom. The Labute approximate surface area is 159 Å². The molecule has 2 aromatic carbocycles. The highest BCUT2D eigenvalue weighted by atomic mass is 35.5. The van der Waals surface area contributed by atoms with Gasteiger partial charge in [-0.1, -0.05) is 53.3 Å². The molecule has 0 saturated carbocycles. The Morgan fingerprint density at radius 2 is 1.76 bits per heavy atom. The van der Waals surface area contributed by atoms with Crippen LogP contribution in [-0.4, -0.2) is 18.6 Å². The van der Waals surface area contributed by atoms with E-state index in [0.717, 1.165) is 9.90 Å². The van der Waals surface area contributed by atoms with Crippen LogP contribution in [-0.2, 0) is 21.5 Å². The molecular weight excluding hydrogens is 398 g/mol. The molecule has 25 heavy (non-hydrogen) atoms. The number of hydrogen-bond donors (Lipinski definition) is 1. The minimum atomic E-state index is -3.55. The molecule has 3 rings (SSSR count). The Balaban J connectivity index is 1.59. The number of halogens is 1. The van der Waals surface area contributed by atoms with Gasteiger partial charge in [0, 0.05) is 9.92 Å². The lowest BCUT2D eigenvalue weighted by Crippen LogP contribution is -2.14. The van der Waals surface area contributed by atoms with Crippen LogP contribution in [0, 0.1) is 0 Å². The molecule has 0 bridgehead atoms. The van der Waals surface area contributed by atoms with Crippen LogP contribution in [0.5, 0.6) is 0 Å². The van der Waals surface area contributed by atoms with Gasteiger partial charge in [-0.2, -0.15) is 0 Å². The van der Waals surface area contributed by atoms with E-state index in [1.54, 1.807) is 36.0 Å². The summed E-state index contributed by atoms with van der Waals surface area (Å²) in [7, 11) is -3.55. The average molecular weight is 412 g/mol. The number of sulfonamides is 1. The maximum atomic E-state index is 12.2. The fourth-order valence-corrected chi connectivity index (χ4v) is 5.16. The molecule has 0 aliphatic heterocycles. The summed E-state index contributed by atoms with van der Waals surface area (Å²) in [5, 5.41) is 9.56. The van der Waals surface area contributed by atoms with Gasteiger partial charge in [0.1, 0.15) is 5.01 Å². The summed E-state index contributed by atoms with van der Waals surface area (Å²) < 4.78 is 26.9. The first-order chi connectivity index (χ1) is 12.0. The number of thioether (sulfide) groups is 1. The third kappa shape index (κ3) is 5.71. The van der Waals surface area contributed by atoms with Gasteiger partial charge in [0.25, 0.3) is 0 Å². The van der Waals surface area contributed by atoms with Crippen molar-refractivity contribution in [1.82, 2.24) is 10.2 Å². The fourth-order valence-electron chi connectivity index (χ4n) is 1.98. The van der Waals surface area contributed by atoms with Crippen molar-refractivity contribution in [2.45, 2.75) is 16.4 Å². The van der Waals surface area contributed by atoms with Crippen LogP contribution in [0.4, 0.5) is 5.13 Å². The SMILES string of the molecule is O=S(=O)(Cc1ccc(Cl)cc1)Nc1nnc(CSc2ccccc2)s1. The molecule has 0 spiro atoms. The minimum absolute atomic E-state index is 0.141. The van der Waals surface area contributed by atoms with E-state index in [4.69, 9.17) is 11.6 Å². The smallest absolute Gasteiger partial charge is 0.238 e. The van der Waals surface area contributed by atoms with Gasteiger partial charge in [-0.15, -0.1) is 22.0 Å². The van der Waals surface area contributed by atoms with Gasteiger partial charge in [0.2, 0.25) is 15.2 Å². The van der Waals surface area contributed by atoms with Gasteiger partial charge in [-0.3, -0.25) is 4.72 Å². The Bertz CT molecular complexity index is 929. The second-order valence-corrected chi connectivity index (χ2v) is 9.36. The Hall–Kier alpha value is -1.61. The molecule has 1 heterocycles. The zero-order chi connectivity index (χ0) is 17.7. The van der Waals surface area contributed by atoms with E-state index >= 15 is 0 Å². The molecule has 0 saturated heterocycles. The van der Waals surface area contributed by atoms with E-state index in [1.165, 1.54) is 11.3 Å². The van der Waals surface area contributed by atoms with E-state index in [2.05, 4.69) is 14.9 Å². The van der Waals surface area contributed by atoms with E-state index in [9.17, 15) is 8.42 Å². The molecule has 0 aliphatic rings. The third-order valence-corrected chi connectivity index (χ3v) is 6.73. The highest BCUT2D eigenvalue weighted by Crippen LogP contribution is 2.26. The van der Waals surface area contributed by atoms with Gasteiger partial charge in [-0.25, -0.2) is 8.42 Å². The number of nitrogens with zero attached hydrogens (tertiary/aromatic N) is 2. The minimum Gasteiger partial charge on any atom is -0.257 e. The van der Waals surface area contributed by atoms with Crippen molar-refractivity contribution in [3.05, 3.63) is 70.2 Å². The van der Waals surface area contributed by atoms with Crippen molar-refractivity contribution in [3.63, 3.8) is 0 Å². The van der Waals surface area contributed by atoms with Crippen LogP contribution < -0.4 is 4.72 Å². The maximum absolute atomic E-state index is 12.2.